The van der Waals surface area contributed by atoms with Gasteiger partial charge in [-0.25, -0.2) is 9.67 Å². The second-order valence-corrected chi connectivity index (χ2v) is 5.71. The van der Waals surface area contributed by atoms with Gasteiger partial charge in [-0.3, -0.25) is 0 Å². The van der Waals surface area contributed by atoms with Gasteiger partial charge in [-0.15, -0.1) is 11.3 Å². The van der Waals surface area contributed by atoms with Gasteiger partial charge in [-0.2, -0.15) is 5.10 Å². The van der Waals surface area contributed by atoms with E-state index in [1.165, 1.54) is 5.56 Å². The Hall–Kier alpha value is -1.94. The maximum Gasteiger partial charge on any atom is 0.126 e. The van der Waals surface area contributed by atoms with E-state index >= 15 is 0 Å². The van der Waals surface area contributed by atoms with E-state index in [0.29, 0.717) is 0 Å². The second kappa shape index (κ2) is 5.21. The summed E-state index contributed by atoms with van der Waals surface area (Å²) in [6, 6.07) is 8.58. The summed E-state index contributed by atoms with van der Waals surface area (Å²) in [5, 5.41) is 7.72. The van der Waals surface area contributed by atoms with Crippen LogP contribution in [0.4, 0.5) is 0 Å². The van der Waals surface area contributed by atoms with E-state index in [1.807, 2.05) is 23.2 Å². The molecule has 0 aliphatic rings. The maximum atomic E-state index is 4.68. The summed E-state index contributed by atoms with van der Waals surface area (Å²) in [7, 11) is 0. The zero-order valence-corrected chi connectivity index (χ0v) is 12.7. The van der Waals surface area contributed by atoms with Gasteiger partial charge in [-0.05, 0) is 38.0 Å². The lowest BCUT2D eigenvalue weighted by atomic mass is 10.1. The molecule has 2 aromatic heterocycles. The van der Waals surface area contributed by atoms with E-state index in [9.17, 15) is 0 Å². The van der Waals surface area contributed by atoms with E-state index in [1.54, 1.807) is 11.3 Å². The number of aromatic nitrogens is 3. The van der Waals surface area contributed by atoms with Crippen LogP contribution in [0.15, 0.2) is 35.8 Å². The molecular formula is C16H17N3S. The van der Waals surface area contributed by atoms with Crippen molar-refractivity contribution in [3.8, 4) is 16.3 Å². The highest BCUT2D eigenvalue weighted by molar-refractivity contribution is 7.13. The molecule has 3 nitrogen and oxygen atoms in total. The first-order chi connectivity index (χ1) is 9.70. The lowest BCUT2D eigenvalue weighted by Gasteiger charge is -2.05. The van der Waals surface area contributed by atoms with Gasteiger partial charge in [0.15, 0.2) is 0 Å². The lowest BCUT2D eigenvalue weighted by molar-refractivity contribution is 0.833. The molecule has 0 N–H and O–H groups in total. The lowest BCUT2D eigenvalue weighted by Crippen LogP contribution is -1.99. The highest BCUT2D eigenvalue weighted by atomic mass is 32.1. The topological polar surface area (TPSA) is 30.7 Å². The van der Waals surface area contributed by atoms with Crippen LogP contribution in [0.3, 0.4) is 0 Å². The molecule has 3 rings (SSSR count). The first-order valence-corrected chi connectivity index (χ1v) is 7.64. The molecule has 4 heteroatoms. The Labute approximate surface area is 122 Å². The Kier molecular flexibility index (Phi) is 3.40. The predicted octanol–water partition coefficient (Wildman–Crippen LogP) is 4.18. The molecule has 102 valence electrons. The second-order valence-electron chi connectivity index (χ2n) is 4.81. The summed E-state index contributed by atoms with van der Waals surface area (Å²) in [4.78, 5) is 4.41. The van der Waals surface area contributed by atoms with Gasteiger partial charge in [0.1, 0.15) is 5.01 Å². The molecule has 0 fully saturated rings. The van der Waals surface area contributed by atoms with Crippen LogP contribution in [-0.4, -0.2) is 14.8 Å². The summed E-state index contributed by atoms with van der Waals surface area (Å²) in [5.41, 5.74) is 5.76. The van der Waals surface area contributed by atoms with Crippen molar-refractivity contribution in [2.45, 2.75) is 27.2 Å². The largest absolute Gasteiger partial charge is 0.244 e. The molecule has 0 amide bonds. The molecule has 1 aromatic carbocycles. The number of nitrogens with zero attached hydrogens (tertiary/aromatic N) is 3. The number of thiazole rings is 1. The molecule has 0 spiro atoms. The van der Waals surface area contributed by atoms with Crippen molar-refractivity contribution < 1.29 is 0 Å². The molecule has 20 heavy (non-hydrogen) atoms. The van der Waals surface area contributed by atoms with Crippen LogP contribution in [0, 0.1) is 13.8 Å². The SMILES string of the molecule is CCc1ccc(-n2nc(C)c(-c3nccs3)c2C)cc1. The summed E-state index contributed by atoms with van der Waals surface area (Å²) < 4.78 is 2.01. The third kappa shape index (κ3) is 2.16. The molecule has 2 heterocycles. The van der Waals surface area contributed by atoms with Crippen molar-refractivity contribution in [1.29, 1.82) is 0 Å². The van der Waals surface area contributed by atoms with Gasteiger partial charge >= 0.3 is 0 Å². The molecule has 0 atom stereocenters. The average molecular weight is 283 g/mol. The highest BCUT2D eigenvalue weighted by Crippen LogP contribution is 2.30. The monoisotopic (exact) mass is 283 g/mol. The Morgan fingerprint density at radius 2 is 1.90 bits per heavy atom. The summed E-state index contributed by atoms with van der Waals surface area (Å²) in [6.07, 6.45) is 2.90. The standard InChI is InChI=1S/C16H17N3S/c1-4-13-5-7-14(8-6-13)19-12(3)15(11(2)18-19)16-17-9-10-20-16/h5-10H,4H2,1-3H3. The van der Waals surface area contributed by atoms with Crippen molar-refractivity contribution in [3.63, 3.8) is 0 Å². The fourth-order valence-electron chi connectivity index (χ4n) is 2.42. The van der Waals surface area contributed by atoms with Gasteiger partial charge in [0, 0.05) is 11.6 Å². The number of hydrogen-bond acceptors (Lipinski definition) is 3. The van der Waals surface area contributed by atoms with Gasteiger partial charge in [0.2, 0.25) is 0 Å². The zero-order chi connectivity index (χ0) is 14.1. The molecule has 0 saturated heterocycles. The van der Waals surface area contributed by atoms with Crippen LogP contribution in [0.2, 0.25) is 0 Å². The smallest absolute Gasteiger partial charge is 0.126 e. The van der Waals surface area contributed by atoms with E-state index in [4.69, 9.17) is 0 Å². The molecule has 3 aromatic rings. The van der Waals surface area contributed by atoms with Crippen LogP contribution in [0.5, 0.6) is 0 Å². The molecule has 0 bridgehead atoms. The number of benzene rings is 1. The normalized spacial score (nSPS) is 10.9. The maximum absolute atomic E-state index is 4.68. The van der Waals surface area contributed by atoms with Gasteiger partial charge in [0.05, 0.1) is 22.6 Å². The van der Waals surface area contributed by atoms with Gasteiger partial charge in [0.25, 0.3) is 0 Å². The molecule has 0 aliphatic carbocycles. The Morgan fingerprint density at radius 1 is 1.15 bits per heavy atom. The highest BCUT2D eigenvalue weighted by Gasteiger charge is 2.16. The van der Waals surface area contributed by atoms with Crippen molar-refractivity contribution in [2.24, 2.45) is 0 Å². The van der Waals surface area contributed by atoms with Crippen LogP contribution >= 0.6 is 11.3 Å². The summed E-state index contributed by atoms with van der Waals surface area (Å²) in [5.74, 6) is 0. The number of hydrogen-bond donors (Lipinski definition) is 0. The van der Waals surface area contributed by atoms with E-state index < -0.39 is 0 Å². The predicted molar refractivity (Wildman–Crippen MR) is 83.5 cm³/mol. The Balaban J connectivity index is 2.09. The minimum absolute atomic E-state index is 1.03. The first-order valence-electron chi connectivity index (χ1n) is 6.76. The van der Waals surface area contributed by atoms with Crippen molar-refractivity contribution in [1.82, 2.24) is 14.8 Å². The van der Waals surface area contributed by atoms with Crippen molar-refractivity contribution in [3.05, 3.63) is 52.8 Å². The molecule has 0 radical (unpaired) electrons. The summed E-state index contributed by atoms with van der Waals surface area (Å²) in [6.45, 7) is 6.31. The first kappa shape index (κ1) is 13.1. The fourth-order valence-corrected chi connectivity index (χ4v) is 3.21. The van der Waals surface area contributed by atoms with E-state index in [-0.39, 0.29) is 0 Å². The van der Waals surface area contributed by atoms with E-state index in [2.05, 4.69) is 48.2 Å². The molecular weight excluding hydrogens is 266 g/mol. The fraction of sp³-hybridized carbons (Fsp3) is 0.250. The van der Waals surface area contributed by atoms with E-state index in [0.717, 1.165) is 34.1 Å². The van der Waals surface area contributed by atoms with Crippen LogP contribution in [0.25, 0.3) is 16.3 Å². The molecule has 0 unspecified atom stereocenters. The van der Waals surface area contributed by atoms with Gasteiger partial charge < -0.3 is 0 Å². The van der Waals surface area contributed by atoms with Gasteiger partial charge in [-0.1, -0.05) is 19.1 Å². The van der Waals surface area contributed by atoms with Crippen LogP contribution < -0.4 is 0 Å². The Morgan fingerprint density at radius 3 is 2.50 bits per heavy atom. The quantitative estimate of drug-likeness (QED) is 0.722. The zero-order valence-electron chi connectivity index (χ0n) is 11.9. The average Bonchev–Trinajstić information content (AvgIpc) is 3.07. The third-order valence-corrected chi connectivity index (χ3v) is 4.32. The number of aryl methyl sites for hydroxylation is 2. The minimum Gasteiger partial charge on any atom is -0.244 e. The minimum atomic E-state index is 1.03. The molecule has 0 aliphatic heterocycles. The molecule has 0 saturated carbocycles. The van der Waals surface area contributed by atoms with Crippen molar-refractivity contribution >= 4 is 11.3 Å². The van der Waals surface area contributed by atoms with Crippen molar-refractivity contribution in [2.75, 3.05) is 0 Å². The Bertz CT molecular complexity index is 709. The summed E-state index contributed by atoms with van der Waals surface area (Å²) >= 11 is 1.65. The van der Waals surface area contributed by atoms with Crippen LogP contribution in [0.1, 0.15) is 23.9 Å². The third-order valence-electron chi connectivity index (χ3n) is 3.53. The number of rotatable bonds is 3. The van der Waals surface area contributed by atoms with Crippen LogP contribution in [-0.2, 0) is 6.42 Å².